The van der Waals surface area contributed by atoms with Crippen molar-refractivity contribution in [3.8, 4) is 0 Å². The molecule has 2 aliphatic rings. The highest BCUT2D eigenvalue weighted by Gasteiger charge is 2.39. The standard InChI is InChI=1S/C19H23F2N5O/c1-24-7-5-16(18(24)12-3-4-14(20)15(21)9-12)23-17-6-8-26(19(17)27)13-10-22-25(2)11-13/h3-4,9-11,16-18,23H,5-8H2,1-2H3/t16-,17-,18+/m0/s1. The third-order valence-electron chi connectivity index (χ3n) is 5.56. The van der Waals surface area contributed by atoms with E-state index in [1.807, 2.05) is 20.3 Å². The van der Waals surface area contributed by atoms with E-state index in [0.717, 1.165) is 24.2 Å². The van der Waals surface area contributed by atoms with Crippen LogP contribution in [0.1, 0.15) is 24.4 Å². The van der Waals surface area contributed by atoms with Crippen LogP contribution in [0.2, 0.25) is 0 Å². The minimum absolute atomic E-state index is 0.00246. The fourth-order valence-electron chi connectivity index (χ4n) is 4.20. The molecule has 0 spiro atoms. The Morgan fingerprint density at radius 1 is 1.15 bits per heavy atom. The molecule has 6 nitrogen and oxygen atoms in total. The van der Waals surface area contributed by atoms with Crippen LogP contribution >= 0.6 is 0 Å². The van der Waals surface area contributed by atoms with Crippen LogP contribution in [0, 0.1) is 11.6 Å². The Morgan fingerprint density at radius 2 is 1.96 bits per heavy atom. The lowest BCUT2D eigenvalue weighted by molar-refractivity contribution is -0.119. The number of nitrogens with one attached hydrogen (secondary N) is 1. The van der Waals surface area contributed by atoms with Gasteiger partial charge in [0.25, 0.3) is 0 Å². The van der Waals surface area contributed by atoms with Crippen LogP contribution in [0.5, 0.6) is 0 Å². The molecule has 1 N–H and O–H groups in total. The Bertz CT molecular complexity index is 854. The second-order valence-corrected chi connectivity index (χ2v) is 7.36. The molecule has 2 saturated heterocycles. The van der Waals surface area contributed by atoms with E-state index in [1.165, 1.54) is 12.1 Å². The van der Waals surface area contributed by atoms with Gasteiger partial charge in [-0.1, -0.05) is 6.07 Å². The number of amides is 1. The van der Waals surface area contributed by atoms with Crippen molar-refractivity contribution in [2.45, 2.75) is 31.0 Å². The third-order valence-corrected chi connectivity index (χ3v) is 5.56. The fraction of sp³-hybridized carbons (Fsp3) is 0.474. The highest BCUT2D eigenvalue weighted by Crippen LogP contribution is 2.33. The zero-order valence-electron chi connectivity index (χ0n) is 15.4. The van der Waals surface area contributed by atoms with E-state index < -0.39 is 11.6 Å². The van der Waals surface area contributed by atoms with Gasteiger partial charge in [0.2, 0.25) is 5.91 Å². The van der Waals surface area contributed by atoms with Gasteiger partial charge < -0.3 is 10.2 Å². The zero-order valence-corrected chi connectivity index (χ0v) is 15.4. The predicted octanol–water partition coefficient (Wildman–Crippen LogP) is 1.84. The van der Waals surface area contributed by atoms with Crippen LogP contribution in [0.3, 0.4) is 0 Å². The van der Waals surface area contributed by atoms with Crippen LogP contribution in [-0.2, 0) is 11.8 Å². The van der Waals surface area contributed by atoms with E-state index in [-0.39, 0.29) is 24.0 Å². The van der Waals surface area contributed by atoms with Crippen molar-refractivity contribution in [1.29, 1.82) is 0 Å². The van der Waals surface area contributed by atoms with Gasteiger partial charge in [0, 0.05) is 38.4 Å². The minimum Gasteiger partial charge on any atom is -0.308 e. The fourth-order valence-corrected chi connectivity index (χ4v) is 4.20. The monoisotopic (exact) mass is 375 g/mol. The van der Waals surface area contributed by atoms with Gasteiger partial charge >= 0.3 is 0 Å². The van der Waals surface area contributed by atoms with Gasteiger partial charge in [0.15, 0.2) is 11.6 Å². The zero-order chi connectivity index (χ0) is 19.1. The molecule has 0 bridgehead atoms. The lowest BCUT2D eigenvalue weighted by atomic mass is 9.99. The van der Waals surface area contributed by atoms with Crippen molar-refractivity contribution in [1.82, 2.24) is 20.0 Å². The van der Waals surface area contributed by atoms with Crippen LogP contribution in [0.4, 0.5) is 14.5 Å². The minimum atomic E-state index is -0.845. The number of aryl methyl sites for hydroxylation is 1. The molecule has 1 amide bonds. The number of hydrogen-bond acceptors (Lipinski definition) is 4. The van der Waals surface area contributed by atoms with E-state index >= 15 is 0 Å². The van der Waals surface area contributed by atoms with Crippen molar-refractivity contribution in [3.05, 3.63) is 47.8 Å². The maximum absolute atomic E-state index is 13.7. The number of likely N-dealkylation sites (tertiary alicyclic amines) is 1. The van der Waals surface area contributed by atoms with E-state index in [1.54, 1.807) is 21.8 Å². The summed E-state index contributed by atoms with van der Waals surface area (Å²) in [6.45, 7) is 1.47. The number of carbonyl (C=O) groups is 1. The van der Waals surface area contributed by atoms with Gasteiger partial charge in [-0.3, -0.25) is 14.4 Å². The Kier molecular flexibility index (Phi) is 4.69. The Morgan fingerprint density at radius 3 is 2.67 bits per heavy atom. The van der Waals surface area contributed by atoms with Gasteiger partial charge in [0.05, 0.1) is 17.9 Å². The molecule has 27 heavy (non-hydrogen) atoms. The van der Waals surface area contributed by atoms with Crippen LogP contribution in [-0.4, -0.2) is 52.8 Å². The molecule has 1 aromatic carbocycles. The molecule has 0 aliphatic carbocycles. The SMILES string of the molecule is CN1CC[C@H](N[C@H]2CCN(c3cnn(C)c3)C2=O)[C@H]1c1ccc(F)c(F)c1. The number of nitrogens with zero attached hydrogens (tertiary/aromatic N) is 4. The van der Waals surface area contributed by atoms with Crippen LogP contribution in [0.15, 0.2) is 30.6 Å². The molecule has 2 aromatic rings. The first-order valence-electron chi connectivity index (χ1n) is 9.15. The van der Waals surface area contributed by atoms with Crippen molar-refractivity contribution in [3.63, 3.8) is 0 Å². The van der Waals surface area contributed by atoms with Crippen molar-refractivity contribution in [2.75, 3.05) is 25.0 Å². The molecule has 0 saturated carbocycles. The number of rotatable bonds is 4. The molecule has 8 heteroatoms. The summed E-state index contributed by atoms with van der Waals surface area (Å²) in [6.07, 6.45) is 5.07. The Hall–Kier alpha value is -2.32. The molecule has 144 valence electrons. The average molecular weight is 375 g/mol. The summed E-state index contributed by atoms with van der Waals surface area (Å²) in [5, 5.41) is 7.60. The first-order valence-corrected chi connectivity index (χ1v) is 9.15. The molecule has 2 aliphatic heterocycles. The predicted molar refractivity (Wildman–Crippen MR) is 97.2 cm³/mol. The molecule has 1 aromatic heterocycles. The number of halogens is 2. The van der Waals surface area contributed by atoms with E-state index in [4.69, 9.17) is 0 Å². The number of hydrogen-bond donors (Lipinski definition) is 1. The second-order valence-electron chi connectivity index (χ2n) is 7.36. The first-order chi connectivity index (χ1) is 12.9. The summed E-state index contributed by atoms with van der Waals surface area (Å²) in [5.41, 5.74) is 1.52. The van der Waals surface area contributed by atoms with Crippen LogP contribution in [0.25, 0.3) is 0 Å². The molecule has 3 heterocycles. The third kappa shape index (κ3) is 3.35. The largest absolute Gasteiger partial charge is 0.308 e. The summed E-state index contributed by atoms with van der Waals surface area (Å²) in [7, 11) is 3.78. The van der Waals surface area contributed by atoms with Gasteiger partial charge in [-0.25, -0.2) is 8.78 Å². The Labute approximate surface area is 156 Å². The highest BCUT2D eigenvalue weighted by molar-refractivity contribution is 5.99. The Balaban J connectivity index is 1.49. The summed E-state index contributed by atoms with van der Waals surface area (Å²) >= 11 is 0. The molecular formula is C19H23F2N5O. The smallest absolute Gasteiger partial charge is 0.244 e. The normalized spacial score (nSPS) is 26.3. The average Bonchev–Trinajstić information content (AvgIpc) is 3.31. The number of aromatic nitrogens is 2. The first kappa shape index (κ1) is 18.1. The summed E-state index contributed by atoms with van der Waals surface area (Å²) in [5.74, 6) is -1.66. The summed E-state index contributed by atoms with van der Waals surface area (Å²) < 4.78 is 28.7. The maximum atomic E-state index is 13.7. The van der Waals surface area contributed by atoms with E-state index in [0.29, 0.717) is 13.0 Å². The van der Waals surface area contributed by atoms with Crippen molar-refractivity contribution >= 4 is 11.6 Å². The lowest BCUT2D eigenvalue weighted by Crippen LogP contribution is -2.45. The molecule has 0 unspecified atom stereocenters. The number of carbonyl (C=O) groups excluding carboxylic acids is 1. The molecule has 3 atom stereocenters. The van der Waals surface area contributed by atoms with E-state index in [2.05, 4.69) is 15.3 Å². The quantitative estimate of drug-likeness (QED) is 0.886. The van der Waals surface area contributed by atoms with E-state index in [9.17, 15) is 13.6 Å². The molecule has 2 fully saturated rings. The maximum Gasteiger partial charge on any atom is 0.244 e. The second kappa shape index (κ2) is 7.01. The van der Waals surface area contributed by atoms with Gasteiger partial charge in [-0.2, -0.15) is 5.10 Å². The highest BCUT2D eigenvalue weighted by atomic mass is 19.2. The van der Waals surface area contributed by atoms with Crippen molar-refractivity contribution < 1.29 is 13.6 Å². The van der Waals surface area contributed by atoms with Gasteiger partial charge in [-0.05, 0) is 37.6 Å². The van der Waals surface area contributed by atoms with Gasteiger partial charge in [0.1, 0.15) is 0 Å². The molecular weight excluding hydrogens is 352 g/mol. The summed E-state index contributed by atoms with van der Waals surface area (Å²) in [6, 6.07) is 3.67. The summed E-state index contributed by atoms with van der Waals surface area (Å²) in [4.78, 5) is 16.7. The molecule has 0 radical (unpaired) electrons. The number of likely N-dealkylation sites (N-methyl/N-ethyl adjacent to an activating group) is 1. The van der Waals surface area contributed by atoms with Crippen molar-refractivity contribution in [2.24, 2.45) is 7.05 Å². The molecule has 4 rings (SSSR count). The van der Waals surface area contributed by atoms with Crippen LogP contribution < -0.4 is 10.2 Å². The number of anilines is 1. The lowest BCUT2D eigenvalue weighted by Gasteiger charge is -2.28. The number of benzene rings is 1. The topological polar surface area (TPSA) is 53.4 Å². The van der Waals surface area contributed by atoms with Gasteiger partial charge in [-0.15, -0.1) is 0 Å².